The Morgan fingerprint density at radius 3 is 1.14 bits per heavy atom. The van der Waals surface area contributed by atoms with Crippen LogP contribution in [0.15, 0.2) is 12.2 Å². The standard InChI is InChI=1S/C56H107NO8/c1-6-8-10-12-14-16-18-20-22-24-26-27-29-30-32-34-36-38-40-42-44-46-53(58)63-50-52(51-64-56(55(60)61)62-49-48-57(3,4)5)65-54(59)47-45-43-41-39-37-35-33-31-28-25-23-21-19-17-15-13-11-9-7-2/h21,23,52,56H,6-20,22,24-51H2,1-5H3/b23-21-. The van der Waals surface area contributed by atoms with Gasteiger partial charge in [0.15, 0.2) is 12.4 Å². The van der Waals surface area contributed by atoms with Crippen LogP contribution < -0.4 is 5.11 Å². The number of carboxylic acid groups (broad SMARTS) is 1. The van der Waals surface area contributed by atoms with Gasteiger partial charge in [-0.2, -0.15) is 0 Å². The second kappa shape index (κ2) is 48.5. The van der Waals surface area contributed by atoms with Crippen LogP contribution in [0.1, 0.15) is 271 Å². The molecular weight excluding hydrogens is 815 g/mol. The van der Waals surface area contributed by atoms with Crippen LogP contribution in [-0.4, -0.2) is 82.3 Å². The molecule has 0 radical (unpaired) electrons. The van der Waals surface area contributed by atoms with Gasteiger partial charge in [-0.05, 0) is 38.5 Å². The lowest BCUT2D eigenvalue weighted by Crippen LogP contribution is -2.44. The minimum atomic E-state index is -1.62. The molecule has 384 valence electrons. The van der Waals surface area contributed by atoms with E-state index in [9.17, 15) is 19.5 Å². The molecule has 9 nitrogen and oxygen atoms in total. The number of ether oxygens (including phenoxy) is 4. The summed E-state index contributed by atoms with van der Waals surface area (Å²) in [5.74, 6) is -2.26. The number of carbonyl (C=O) groups is 3. The maximum Gasteiger partial charge on any atom is 0.306 e. The molecule has 0 heterocycles. The predicted octanol–water partition coefficient (Wildman–Crippen LogP) is 14.5. The van der Waals surface area contributed by atoms with Gasteiger partial charge in [0.25, 0.3) is 0 Å². The zero-order chi connectivity index (χ0) is 47.7. The average molecular weight is 922 g/mol. The number of nitrogens with zero attached hydrogens (tertiary/aromatic N) is 1. The van der Waals surface area contributed by atoms with Gasteiger partial charge in [0.2, 0.25) is 0 Å². The third kappa shape index (κ3) is 49.8. The molecule has 0 aliphatic rings. The maximum atomic E-state index is 12.8. The van der Waals surface area contributed by atoms with Gasteiger partial charge in [0.05, 0.1) is 40.3 Å². The number of hydrogen-bond donors (Lipinski definition) is 0. The Morgan fingerprint density at radius 1 is 0.446 bits per heavy atom. The molecule has 0 saturated heterocycles. The summed E-state index contributed by atoms with van der Waals surface area (Å²) in [6, 6.07) is 0. The van der Waals surface area contributed by atoms with Crippen molar-refractivity contribution < 1.29 is 42.9 Å². The van der Waals surface area contributed by atoms with Crippen LogP contribution in [-0.2, 0) is 33.3 Å². The van der Waals surface area contributed by atoms with Crippen molar-refractivity contribution in [3.05, 3.63) is 12.2 Å². The first kappa shape index (κ1) is 63.0. The average Bonchev–Trinajstić information content (AvgIpc) is 3.27. The van der Waals surface area contributed by atoms with Crippen LogP contribution in [0.3, 0.4) is 0 Å². The first-order valence-electron chi connectivity index (χ1n) is 27.8. The van der Waals surface area contributed by atoms with Crippen LogP contribution in [0.4, 0.5) is 0 Å². The van der Waals surface area contributed by atoms with E-state index in [0.717, 1.165) is 38.5 Å². The molecule has 65 heavy (non-hydrogen) atoms. The number of hydrogen-bond acceptors (Lipinski definition) is 8. The van der Waals surface area contributed by atoms with Gasteiger partial charge in [-0.25, -0.2) is 0 Å². The lowest BCUT2D eigenvalue weighted by molar-refractivity contribution is -0.870. The van der Waals surface area contributed by atoms with Crippen LogP contribution in [0.25, 0.3) is 0 Å². The van der Waals surface area contributed by atoms with E-state index in [1.807, 2.05) is 21.1 Å². The zero-order valence-corrected chi connectivity index (χ0v) is 43.6. The first-order chi connectivity index (χ1) is 31.6. The maximum absolute atomic E-state index is 12.8. The number of likely N-dealkylation sites (N-methyl/N-ethyl adjacent to an activating group) is 1. The Labute approximate surface area is 402 Å². The quantitative estimate of drug-likeness (QED) is 0.0195. The summed E-state index contributed by atoms with van der Waals surface area (Å²) in [6.07, 6.45) is 51.0. The van der Waals surface area contributed by atoms with Gasteiger partial charge >= 0.3 is 11.9 Å². The van der Waals surface area contributed by atoms with Crippen molar-refractivity contribution in [2.24, 2.45) is 0 Å². The second-order valence-electron chi connectivity index (χ2n) is 20.2. The fourth-order valence-corrected chi connectivity index (χ4v) is 8.18. The second-order valence-corrected chi connectivity index (χ2v) is 20.2. The smallest absolute Gasteiger partial charge is 0.306 e. The van der Waals surface area contributed by atoms with E-state index >= 15 is 0 Å². The summed E-state index contributed by atoms with van der Waals surface area (Å²) in [7, 11) is 5.93. The van der Waals surface area contributed by atoms with Crippen LogP contribution in [0.5, 0.6) is 0 Å². The molecule has 0 aromatic heterocycles. The van der Waals surface area contributed by atoms with E-state index < -0.39 is 24.3 Å². The Kier molecular flexibility index (Phi) is 47.0. The molecular formula is C56H107NO8. The third-order valence-corrected chi connectivity index (χ3v) is 12.5. The Hall–Kier alpha value is -1.97. The number of rotatable bonds is 52. The minimum absolute atomic E-state index is 0.151. The van der Waals surface area contributed by atoms with Crippen molar-refractivity contribution in [1.82, 2.24) is 0 Å². The van der Waals surface area contributed by atoms with Gasteiger partial charge in [0, 0.05) is 12.8 Å². The number of unbranched alkanes of at least 4 members (excludes halogenated alkanes) is 35. The molecule has 2 unspecified atom stereocenters. The van der Waals surface area contributed by atoms with Gasteiger partial charge < -0.3 is 33.3 Å². The van der Waals surface area contributed by atoms with E-state index in [-0.39, 0.29) is 32.2 Å². The molecule has 0 aliphatic carbocycles. The lowest BCUT2D eigenvalue weighted by atomic mass is 10.0. The number of esters is 2. The molecule has 2 atom stereocenters. The van der Waals surface area contributed by atoms with Crippen LogP contribution >= 0.6 is 0 Å². The predicted molar refractivity (Wildman–Crippen MR) is 270 cm³/mol. The molecule has 0 aromatic rings. The Morgan fingerprint density at radius 2 is 0.785 bits per heavy atom. The summed E-state index contributed by atoms with van der Waals surface area (Å²) in [6.45, 7) is 4.79. The minimum Gasteiger partial charge on any atom is -0.545 e. The topological polar surface area (TPSA) is 111 Å². The number of aliphatic carboxylic acids is 1. The normalized spacial score (nSPS) is 12.8. The fourth-order valence-electron chi connectivity index (χ4n) is 8.18. The highest BCUT2D eigenvalue weighted by Gasteiger charge is 2.22. The molecule has 9 heteroatoms. The van der Waals surface area contributed by atoms with Crippen molar-refractivity contribution in [2.75, 3.05) is 47.5 Å². The lowest BCUT2D eigenvalue weighted by Gasteiger charge is -2.26. The zero-order valence-electron chi connectivity index (χ0n) is 43.6. The number of carbonyl (C=O) groups excluding carboxylic acids is 3. The van der Waals surface area contributed by atoms with Crippen LogP contribution in [0.2, 0.25) is 0 Å². The molecule has 0 aromatic carbocycles. The highest BCUT2D eigenvalue weighted by Crippen LogP contribution is 2.17. The molecule has 0 rings (SSSR count). The summed E-state index contributed by atoms with van der Waals surface area (Å²) < 4.78 is 22.7. The van der Waals surface area contributed by atoms with E-state index in [1.165, 1.54) is 199 Å². The molecule has 0 aliphatic heterocycles. The van der Waals surface area contributed by atoms with Crippen molar-refractivity contribution in [2.45, 2.75) is 283 Å². The van der Waals surface area contributed by atoms with E-state index in [4.69, 9.17) is 18.9 Å². The van der Waals surface area contributed by atoms with Crippen molar-refractivity contribution >= 4 is 17.9 Å². The summed E-state index contributed by atoms with van der Waals surface area (Å²) in [4.78, 5) is 37.2. The number of quaternary nitrogens is 1. The highest BCUT2D eigenvalue weighted by molar-refractivity contribution is 5.70. The Bertz CT molecular complexity index is 1070. The fraction of sp³-hybridized carbons (Fsp3) is 0.911. The summed E-state index contributed by atoms with van der Waals surface area (Å²) in [5, 5.41) is 11.8. The molecule has 0 spiro atoms. The van der Waals surface area contributed by atoms with Gasteiger partial charge in [0.1, 0.15) is 13.2 Å². The van der Waals surface area contributed by atoms with Gasteiger partial charge in [-0.15, -0.1) is 0 Å². The van der Waals surface area contributed by atoms with Crippen molar-refractivity contribution in [3.8, 4) is 0 Å². The monoisotopic (exact) mass is 922 g/mol. The van der Waals surface area contributed by atoms with E-state index in [2.05, 4.69) is 26.0 Å². The number of carboxylic acids is 1. The van der Waals surface area contributed by atoms with Crippen LogP contribution in [0, 0.1) is 0 Å². The highest BCUT2D eigenvalue weighted by atomic mass is 16.7. The number of allylic oxidation sites excluding steroid dienone is 2. The molecule has 0 amide bonds. The van der Waals surface area contributed by atoms with Gasteiger partial charge in [-0.3, -0.25) is 9.59 Å². The Balaban J connectivity index is 4.24. The summed E-state index contributed by atoms with van der Waals surface area (Å²) in [5.41, 5.74) is 0. The van der Waals surface area contributed by atoms with E-state index in [1.54, 1.807) is 0 Å². The van der Waals surface area contributed by atoms with Gasteiger partial charge in [-0.1, -0.05) is 231 Å². The molecule has 0 bridgehead atoms. The first-order valence-corrected chi connectivity index (χ1v) is 27.8. The SMILES string of the molecule is CCCCCCCC/C=C\CCCCCCCCCCCC(=O)OC(COC(=O)CCCCCCCCCCCCCCCCCCCCCCC)COC(OCC[N+](C)(C)C)C(=O)[O-]. The van der Waals surface area contributed by atoms with E-state index in [0.29, 0.717) is 23.9 Å². The molecule has 0 fully saturated rings. The molecule has 0 N–H and O–H groups in total. The molecule has 0 saturated carbocycles. The third-order valence-electron chi connectivity index (χ3n) is 12.5. The largest absolute Gasteiger partial charge is 0.545 e. The van der Waals surface area contributed by atoms with Crippen molar-refractivity contribution in [3.63, 3.8) is 0 Å². The summed E-state index contributed by atoms with van der Waals surface area (Å²) >= 11 is 0. The van der Waals surface area contributed by atoms with Crippen molar-refractivity contribution in [1.29, 1.82) is 0 Å².